The maximum absolute atomic E-state index is 10.1. The van der Waals surface area contributed by atoms with Gasteiger partial charge >= 0.3 is 0 Å². The summed E-state index contributed by atoms with van der Waals surface area (Å²) in [6, 6.07) is 20.4. The van der Waals surface area contributed by atoms with Crippen molar-refractivity contribution in [2.45, 2.75) is 44.7 Å². The first-order valence-corrected chi connectivity index (χ1v) is 8.75. The van der Waals surface area contributed by atoms with Crippen LogP contribution >= 0.6 is 0 Å². The van der Waals surface area contributed by atoms with Gasteiger partial charge < -0.3 is 14.6 Å². The molecule has 0 spiro atoms. The van der Waals surface area contributed by atoms with Crippen molar-refractivity contribution in [1.82, 2.24) is 0 Å². The van der Waals surface area contributed by atoms with Crippen molar-refractivity contribution < 1.29 is 14.6 Å². The molecule has 0 saturated heterocycles. The molecule has 1 N–H and O–H groups in total. The van der Waals surface area contributed by atoms with Gasteiger partial charge in [-0.05, 0) is 36.3 Å². The van der Waals surface area contributed by atoms with Crippen LogP contribution in [0, 0.1) is 5.92 Å². The first-order chi connectivity index (χ1) is 11.8. The molecule has 0 amide bonds. The Kier molecular flexibility index (Phi) is 6.41. The van der Waals surface area contributed by atoms with Crippen LogP contribution in [0.5, 0.6) is 0 Å². The topological polar surface area (TPSA) is 38.7 Å². The zero-order chi connectivity index (χ0) is 16.6. The van der Waals surface area contributed by atoms with Gasteiger partial charge in [-0.3, -0.25) is 0 Å². The first kappa shape index (κ1) is 17.2. The van der Waals surface area contributed by atoms with Gasteiger partial charge in [0.05, 0.1) is 32.0 Å². The number of aliphatic hydroxyl groups excluding tert-OH is 1. The molecule has 24 heavy (non-hydrogen) atoms. The highest BCUT2D eigenvalue weighted by Crippen LogP contribution is 2.28. The molecule has 2 aromatic carbocycles. The third kappa shape index (κ3) is 5.45. The van der Waals surface area contributed by atoms with Crippen molar-refractivity contribution in [3.05, 3.63) is 71.8 Å². The van der Waals surface area contributed by atoms with Gasteiger partial charge in [-0.15, -0.1) is 0 Å². The van der Waals surface area contributed by atoms with Crippen molar-refractivity contribution in [3.63, 3.8) is 0 Å². The molecule has 1 aliphatic carbocycles. The second-order valence-corrected chi connectivity index (χ2v) is 6.65. The van der Waals surface area contributed by atoms with Gasteiger partial charge in [0.2, 0.25) is 0 Å². The van der Waals surface area contributed by atoms with E-state index in [9.17, 15) is 5.11 Å². The average molecular weight is 326 g/mol. The lowest BCUT2D eigenvalue weighted by Crippen LogP contribution is -2.33. The fourth-order valence-electron chi connectivity index (χ4n) is 3.33. The Morgan fingerprint density at radius 2 is 1.42 bits per heavy atom. The van der Waals surface area contributed by atoms with Crippen LogP contribution in [0.2, 0.25) is 0 Å². The summed E-state index contributed by atoms with van der Waals surface area (Å²) in [6.45, 7) is 1.91. The molecule has 128 valence electrons. The molecule has 3 nitrogen and oxygen atoms in total. The maximum atomic E-state index is 10.1. The zero-order valence-corrected chi connectivity index (χ0v) is 14.0. The van der Waals surface area contributed by atoms with E-state index in [-0.39, 0.29) is 12.2 Å². The SMILES string of the molecule is OC1C[C@H](COCc2ccccc2)C[C@H](OCc2ccccc2)C1. The monoisotopic (exact) mass is 326 g/mol. The van der Waals surface area contributed by atoms with E-state index in [1.807, 2.05) is 36.4 Å². The van der Waals surface area contributed by atoms with Crippen molar-refractivity contribution >= 4 is 0 Å². The lowest BCUT2D eigenvalue weighted by Gasteiger charge is -2.32. The summed E-state index contributed by atoms with van der Waals surface area (Å²) in [5, 5.41) is 10.1. The van der Waals surface area contributed by atoms with Crippen LogP contribution in [0.1, 0.15) is 30.4 Å². The van der Waals surface area contributed by atoms with E-state index >= 15 is 0 Å². The summed E-state index contributed by atoms with van der Waals surface area (Å²) in [6.07, 6.45) is 2.31. The molecular weight excluding hydrogens is 300 g/mol. The van der Waals surface area contributed by atoms with Gasteiger partial charge in [0.1, 0.15) is 0 Å². The van der Waals surface area contributed by atoms with Gasteiger partial charge in [0.25, 0.3) is 0 Å². The Bertz CT molecular complexity index is 585. The van der Waals surface area contributed by atoms with Gasteiger partial charge in [0.15, 0.2) is 0 Å². The van der Waals surface area contributed by atoms with Crippen LogP contribution in [0.15, 0.2) is 60.7 Å². The van der Waals surface area contributed by atoms with Crippen LogP contribution in [-0.4, -0.2) is 23.9 Å². The van der Waals surface area contributed by atoms with Crippen LogP contribution in [0.3, 0.4) is 0 Å². The quantitative estimate of drug-likeness (QED) is 0.837. The summed E-state index contributed by atoms with van der Waals surface area (Å²) in [7, 11) is 0. The Hall–Kier alpha value is -1.68. The van der Waals surface area contributed by atoms with E-state index in [1.54, 1.807) is 0 Å². The zero-order valence-electron chi connectivity index (χ0n) is 14.0. The summed E-state index contributed by atoms with van der Waals surface area (Å²) in [4.78, 5) is 0. The first-order valence-electron chi connectivity index (χ1n) is 8.75. The van der Waals surface area contributed by atoms with Crippen molar-refractivity contribution in [1.29, 1.82) is 0 Å². The van der Waals surface area contributed by atoms with Crippen LogP contribution < -0.4 is 0 Å². The second kappa shape index (κ2) is 8.97. The molecule has 3 atom stereocenters. The van der Waals surface area contributed by atoms with Crippen molar-refractivity contribution in [3.8, 4) is 0 Å². The lowest BCUT2D eigenvalue weighted by molar-refractivity contribution is -0.0572. The number of rotatable bonds is 7. The highest BCUT2D eigenvalue weighted by Gasteiger charge is 2.28. The molecule has 0 aliphatic heterocycles. The molecule has 3 rings (SSSR count). The van der Waals surface area contributed by atoms with E-state index < -0.39 is 0 Å². The van der Waals surface area contributed by atoms with E-state index in [0.717, 1.165) is 19.3 Å². The van der Waals surface area contributed by atoms with Gasteiger partial charge in [-0.25, -0.2) is 0 Å². The van der Waals surface area contributed by atoms with Crippen LogP contribution in [0.25, 0.3) is 0 Å². The van der Waals surface area contributed by atoms with E-state index in [1.165, 1.54) is 11.1 Å². The minimum atomic E-state index is -0.287. The van der Waals surface area contributed by atoms with Gasteiger partial charge in [-0.1, -0.05) is 60.7 Å². The molecule has 1 fully saturated rings. The Labute approximate surface area is 144 Å². The van der Waals surface area contributed by atoms with Crippen LogP contribution in [-0.2, 0) is 22.7 Å². The number of hydrogen-bond donors (Lipinski definition) is 1. The molecule has 1 saturated carbocycles. The third-order valence-electron chi connectivity index (χ3n) is 4.53. The molecule has 2 aromatic rings. The van der Waals surface area contributed by atoms with Crippen molar-refractivity contribution in [2.24, 2.45) is 5.92 Å². The molecule has 1 unspecified atom stereocenters. The normalized spacial score (nSPS) is 24.0. The largest absolute Gasteiger partial charge is 0.393 e. The van der Waals surface area contributed by atoms with Gasteiger partial charge in [0, 0.05) is 0 Å². The predicted octanol–water partition coefficient (Wildman–Crippen LogP) is 3.95. The van der Waals surface area contributed by atoms with Gasteiger partial charge in [-0.2, -0.15) is 0 Å². The standard InChI is InChI=1S/C21H26O3/c22-20-11-19(15-23-14-17-7-3-1-4-8-17)12-21(13-20)24-16-18-9-5-2-6-10-18/h1-10,19-22H,11-16H2/t19-,20?,21-/m0/s1. The average Bonchev–Trinajstić information content (AvgIpc) is 2.61. The second-order valence-electron chi connectivity index (χ2n) is 6.65. The van der Waals surface area contributed by atoms with E-state index in [0.29, 0.717) is 25.7 Å². The van der Waals surface area contributed by atoms with Crippen LogP contribution in [0.4, 0.5) is 0 Å². The summed E-state index contributed by atoms with van der Waals surface area (Å²) in [5.74, 6) is 0.359. The number of aliphatic hydroxyl groups is 1. The fourth-order valence-corrected chi connectivity index (χ4v) is 3.33. The highest BCUT2D eigenvalue weighted by atomic mass is 16.5. The molecule has 0 bridgehead atoms. The fraction of sp³-hybridized carbons (Fsp3) is 0.429. The van der Waals surface area contributed by atoms with Crippen molar-refractivity contribution in [2.75, 3.05) is 6.61 Å². The highest BCUT2D eigenvalue weighted by molar-refractivity contribution is 5.14. The number of benzene rings is 2. The molecule has 1 aliphatic rings. The number of ether oxygens (including phenoxy) is 2. The maximum Gasteiger partial charge on any atom is 0.0720 e. The Morgan fingerprint density at radius 3 is 2.08 bits per heavy atom. The molecule has 0 heterocycles. The van der Waals surface area contributed by atoms with E-state index in [2.05, 4.69) is 24.3 Å². The molecular formula is C21H26O3. The molecule has 0 aromatic heterocycles. The lowest BCUT2D eigenvalue weighted by atomic mass is 9.85. The smallest absolute Gasteiger partial charge is 0.0720 e. The number of hydrogen-bond acceptors (Lipinski definition) is 3. The minimum absolute atomic E-state index is 0.110. The summed E-state index contributed by atoms with van der Waals surface area (Å²) < 4.78 is 11.9. The minimum Gasteiger partial charge on any atom is -0.393 e. The van der Waals surface area contributed by atoms with E-state index in [4.69, 9.17) is 9.47 Å². The summed E-state index contributed by atoms with van der Waals surface area (Å²) >= 11 is 0. The summed E-state index contributed by atoms with van der Waals surface area (Å²) in [5.41, 5.74) is 2.36. The molecule has 3 heteroatoms. The third-order valence-corrected chi connectivity index (χ3v) is 4.53. The predicted molar refractivity (Wildman–Crippen MR) is 94.5 cm³/mol. The molecule has 0 radical (unpaired) electrons. The Balaban J connectivity index is 1.43. The Morgan fingerprint density at radius 1 is 0.792 bits per heavy atom.